The van der Waals surface area contributed by atoms with Crippen LogP contribution in [-0.4, -0.2) is 25.0 Å². The van der Waals surface area contributed by atoms with Crippen LogP contribution in [0.2, 0.25) is 0 Å². The minimum Gasteiger partial charge on any atom is -0.354 e. The fourth-order valence-electron chi connectivity index (χ4n) is 2.40. The van der Waals surface area contributed by atoms with Crippen molar-refractivity contribution in [2.24, 2.45) is 0 Å². The van der Waals surface area contributed by atoms with Gasteiger partial charge in [-0.3, -0.25) is 5.32 Å². The summed E-state index contributed by atoms with van der Waals surface area (Å²) in [5, 5.41) is 12.9. The Bertz CT molecular complexity index is 535. The minimum absolute atomic E-state index is 0.370. The Morgan fingerprint density at radius 1 is 1.24 bits per heavy atom. The van der Waals surface area contributed by atoms with Crippen molar-refractivity contribution < 1.29 is 9.47 Å². The molecule has 1 rings (SSSR count). The molecule has 1 aromatic carbocycles. The molecule has 0 bridgehead atoms. The molecule has 138 valence electrons. The van der Waals surface area contributed by atoms with Crippen LogP contribution in [0, 0.1) is 11.3 Å². The first kappa shape index (κ1) is 21.4. The number of allylic oxidation sites excluding steroid dienone is 1. The van der Waals surface area contributed by atoms with Gasteiger partial charge in [-0.2, -0.15) is 5.26 Å². The summed E-state index contributed by atoms with van der Waals surface area (Å²) in [5.74, 6) is -0.748. The van der Waals surface area contributed by atoms with E-state index in [0.29, 0.717) is 6.54 Å². The van der Waals surface area contributed by atoms with E-state index in [1.165, 1.54) is 12.8 Å². The van der Waals surface area contributed by atoms with Crippen LogP contribution in [-0.2, 0) is 16.0 Å². The van der Waals surface area contributed by atoms with Gasteiger partial charge in [-0.25, -0.2) is 0 Å². The molecule has 0 amide bonds. The zero-order chi connectivity index (χ0) is 18.5. The molecule has 0 spiro atoms. The van der Waals surface area contributed by atoms with Crippen LogP contribution in [0.3, 0.4) is 0 Å². The highest BCUT2D eigenvalue weighted by molar-refractivity contribution is 5.15. The molecule has 0 aromatic heterocycles. The average molecular weight is 344 g/mol. The molecule has 2 atom stereocenters. The number of ether oxygens (including phenoxy) is 2. The topological polar surface area (TPSA) is 54.3 Å². The molecule has 0 fully saturated rings. The van der Waals surface area contributed by atoms with Crippen molar-refractivity contribution in [3.8, 4) is 6.07 Å². The first-order valence-electron chi connectivity index (χ1n) is 9.09. The molecule has 0 radical (unpaired) electrons. The van der Waals surface area contributed by atoms with Crippen LogP contribution in [0.1, 0.15) is 52.0 Å². The van der Waals surface area contributed by atoms with E-state index >= 15 is 0 Å². The maximum absolute atomic E-state index is 9.62. The summed E-state index contributed by atoms with van der Waals surface area (Å²) in [6.07, 6.45) is 8.30. The van der Waals surface area contributed by atoms with Crippen molar-refractivity contribution in [2.75, 3.05) is 7.11 Å². The second-order valence-electron chi connectivity index (χ2n) is 6.58. The van der Waals surface area contributed by atoms with E-state index in [4.69, 9.17) is 9.47 Å². The molecule has 1 aromatic rings. The van der Waals surface area contributed by atoms with E-state index in [1.807, 2.05) is 50.3 Å². The summed E-state index contributed by atoms with van der Waals surface area (Å²) >= 11 is 0. The van der Waals surface area contributed by atoms with Gasteiger partial charge in [-0.05, 0) is 32.3 Å². The quantitative estimate of drug-likeness (QED) is 0.343. The van der Waals surface area contributed by atoms with Gasteiger partial charge in [0, 0.05) is 13.7 Å². The van der Waals surface area contributed by atoms with E-state index in [-0.39, 0.29) is 6.10 Å². The molecule has 4 nitrogen and oxygen atoms in total. The standard InChI is InChI=1S/C21H32N2O2/c1-5-6-7-8-12-15-20(25-21(2,3)24-4)19(16-22)23-17-18-13-10-9-11-14-18/h9-15,19-20,23H,5-8,17H2,1-4H3/b15-12+/t19-,20-/m1/s1. The molecule has 0 aliphatic rings. The van der Waals surface area contributed by atoms with Gasteiger partial charge in [0.2, 0.25) is 0 Å². The fraction of sp³-hybridized carbons (Fsp3) is 0.571. The molecule has 0 unspecified atom stereocenters. The second kappa shape index (κ2) is 11.8. The summed E-state index contributed by atoms with van der Waals surface area (Å²) < 4.78 is 11.4. The van der Waals surface area contributed by atoms with Crippen molar-refractivity contribution in [3.63, 3.8) is 0 Å². The van der Waals surface area contributed by atoms with Crippen molar-refractivity contribution in [2.45, 2.75) is 70.9 Å². The van der Waals surface area contributed by atoms with E-state index in [9.17, 15) is 5.26 Å². The Morgan fingerprint density at radius 2 is 1.96 bits per heavy atom. The normalized spacial score (nSPS) is 14.4. The molecule has 0 heterocycles. The number of unbranched alkanes of at least 4 members (excludes halogenated alkanes) is 3. The lowest BCUT2D eigenvalue weighted by molar-refractivity contribution is -0.216. The Hall–Kier alpha value is -1.67. The third-order valence-electron chi connectivity index (χ3n) is 4.05. The van der Waals surface area contributed by atoms with Gasteiger partial charge in [-0.1, -0.05) is 62.2 Å². The first-order valence-corrected chi connectivity index (χ1v) is 9.09. The highest BCUT2D eigenvalue weighted by Crippen LogP contribution is 2.17. The molecular formula is C21H32N2O2. The maximum atomic E-state index is 9.62. The molecule has 1 N–H and O–H groups in total. The Morgan fingerprint density at radius 3 is 2.56 bits per heavy atom. The number of methoxy groups -OCH3 is 1. The number of nitriles is 1. The number of nitrogens with zero attached hydrogens (tertiary/aromatic N) is 1. The van der Waals surface area contributed by atoms with Crippen molar-refractivity contribution in [1.29, 1.82) is 5.26 Å². The maximum Gasteiger partial charge on any atom is 0.163 e. The predicted octanol–water partition coefficient (Wildman–Crippen LogP) is 4.57. The number of hydrogen-bond donors (Lipinski definition) is 1. The highest BCUT2D eigenvalue weighted by Gasteiger charge is 2.27. The van der Waals surface area contributed by atoms with E-state index < -0.39 is 11.8 Å². The van der Waals surface area contributed by atoms with Gasteiger partial charge in [-0.15, -0.1) is 0 Å². The zero-order valence-corrected chi connectivity index (χ0v) is 16.0. The summed E-state index contributed by atoms with van der Waals surface area (Å²) in [6, 6.07) is 11.9. The molecule has 0 saturated heterocycles. The molecular weight excluding hydrogens is 312 g/mol. The van der Waals surface area contributed by atoms with Crippen LogP contribution >= 0.6 is 0 Å². The van der Waals surface area contributed by atoms with Gasteiger partial charge in [0.25, 0.3) is 0 Å². The fourth-order valence-corrected chi connectivity index (χ4v) is 2.40. The lowest BCUT2D eigenvalue weighted by Gasteiger charge is -2.30. The van der Waals surface area contributed by atoms with Crippen LogP contribution in [0.15, 0.2) is 42.5 Å². The van der Waals surface area contributed by atoms with Crippen LogP contribution in [0.25, 0.3) is 0 Å². The largest absolute Gasteiger partial charge is 0.354 e. The third-order valence-corrected chi connectivity index (χ3v) is 4.05. The smallest absolute Gasteiger partial charge is 0.163 e. The molecule has 0 aliphatic carbocycles. The van der Waals surface area contributed by atoms with Crippen LogP contribution in [0.4, 0.5) is 0 Å². The Balaban J connectivity index is 2.73. The van der Waals surface area contributed by atoms with Gasteiger partial charge in [0.05, 0.1) is 6.07 Å². The average Bonchev–Trinajstić information content (AvgIpc) is 2.62. The lowest BCUT2D eigenvalue weighted by atomic mass is 10.1. The Kier molecular flexibility index (Phi) is 10.1. The van der Waals surface area contributed by atoms with Crippen LogP contribution in [0.5, 0.6) is 0 Å². The second-order valence-corrected chi connectivity index (χ2v) is 6.58. The lowest BCUT2D eigenvalue weighted by Crippen LogP contribution is -2.44. The number of nitrogens with one attached hydrogen (secondary N) is 1. The SMILES string of the molecule is CCCCC/C=C/[C@@H](OC(C)(C)OC)[C@@H](C#N)NCc1ccccc1. The Labute approximate surface area is 152 Å². The molecule has 0 aliphatic heterocycles. The number of hydrogen-bond acceptors (Lipinski definition) is 4. The first-order chi connectivity index (χ1) is 12.0. The highest BCUT2D eigenvalue weighted by atomic mass is 16.7. The van der Waals surface area contributed by atoms with Gasteiger partial charge in [0.1, 0.15) is 12.1 Å². The van der Waals surface area contributed by atoms with Crippen molar-refractivity contribution in [3.05, 3.63) is 48.0 Å². The molecule has 4 heteroatoms. The predicted molar refractivity (Wildman–Crippen MR) is 102 cm³/mol. The van der Waals surface area contributed by atoms with E-state index in [1.54, 1.807) is 7.11 Å². The van der Waals surface area contributed by atoms with Gasteiger partial charge >= 0.3 is 0 Å². The van der Waals surface area contributed by atoms with E-state index in [0.717, 1.165) is 18.4 Å². The summed E-state index contributed by atoms with van der Waals surface area (Å²) in [6.45, 7) is 6.53. The monoisotopic (exact) mass is 344 g/mol. The molecule has 0 saturated carbocycles. The third kappa shape index (κ3) is 8.83. The minimum atomic E-state index is -0.748. The molecule has 25 heavy (non-hydrogen) atoms. The number of rotatable bonds is 12. The summed E-state index contributed by atoms with van der Waals surface area (Å²) in [7, 11) is 1.61. The van der Waals surface area contributed by atoms with Crippen LogP contribution < -0.4 is 5.32 Å². The van der Waals surface area contributed by atoms with Crippen molar-refractivity contribution >= 4 is 0 Å². The van der Waals surface area contributed by atoms with E-state index in [2.05, 4.69) is 24.4 Å². The van der Waals surface area contributed by atoms with Gasteiger partial charge < -0.3 is 9.47 Å². The van der Waals surface area contributed by atoms with Crippen molar-refractivity contribution in [1.82, 2.24) is 5.32 Å². The van der Waals surface area contributed by atoms with Gasteiger partial charge in [0.15, 0.2) is 5.79 Å². The summed E-state index contributed by atoms with van der Waals surface area (Å²) in [5.41, 5.74) is 1.14. The number of benzene rings is 1. The zero-order valence-electron chi connectivity index (χ0n) is 16.0. The summed E-state index contributed by atoms with van der Waals surface area (Å²) in [4.78, 5) is 0.